The average Bonchev–Trinajstić information content (AvgIpc) is 3.43. The highest BCUT2D eigenvalue weighted by Gasteiger charge is 2.51. The van der Waals surface area contributed by atoms with Crippen LogP contribution in [0.15, 0.2) is 30.6 Å². The molecule has 0 bridgehead atoms. The number of halogens is 6. The second-order valence-electron chi connectivity index (χ2n) is 9.56. The van der Waals surface area contributed by atoms with Gasteiger partial charge in [0.1, 0.15) is 23.8 Å². The lowest BCUT2D eigenvalue weighted by Gasteiger charge is -2.36. The predicted octanol–water partition coefficient (Wildman–Crippen LogP) is 3.33. The average molecular weight is 556 g/mol. The number of alkyl halides is 6. The minimum Gasteiger partial charge on any atom is -0.496 e. The smallest absolute Gasteiger partial charge is 0.418 e. The van der Waals surface area contributed by atoms with Crippen LogP contribution < -0.4 is 15.8 Å². The first-order chi connectivity index (χ1) is 18.3. The molecule has 2 amide bonds. The molecule has 39 heavy (non-hydrogen) atoms. The van der Waals surface area contributed by atoms with Gasteiger partial charge in [-0.15, -0.1) is 0 Å². The summed E-state index contributed by atoms with van der Waals surface area (Å²) >= 11 is 0. The molecule has 1 saturated heterocycles. The van der Waals surface area contributed by atoms with Crippen LogP contribution in [0.3, 0.4) is 0 Å². The Balaban J connectivity index is 1.41. The van der Waals surface area contributed by atoms with E-state index >= 15 is 0 Å². The van der Waals surface area contributed by atoms with Crippen molar-refractivity contribution in [3.05, 3.63) is 41.7 Å². The Morgan fingerprint density at radius 1 is 1.18 bits per heavy atom. The maximum Gasteiger partial charge on any atom is 0.418 e. The fourth-order valence-corrected chi connectivity index (χ4v) is 4.95. The Morgan fingerprint density at radius 3 is 2.54 bits per heavy atom. The number of nitrogens with zero attached hydrogens (tertiary/aromatic N) is 4. The molecule has 3 aromatic rings. The molecule has 0 radical (unpaired) electrons. The number of carbonyl (C=O) groups is 2. The number of amides is 2. The van der Waals surface area contributed by atoms with Crippen molar-refractivity contribution in [2.45, 2.75) is 37.2 Å². The van der Waals surface area contributed by atoms with Crippen LogP contribution in [0.2, 0.25) is 0 Å². The molecule has 1 aliphatic heterocycles. The largest absolute Gasteiger partial charge is 0.496 e. The number of fused-ring (bicyclic) bond motifs is 1. The zero-order valence-electron chi connectivity index (χ0n) is 20.3. The highest BCUT2D eigenvalue weighted by Crippen LogP contribution is 2.44. The number of nitrogens with two attached hydrogens (primary N) is 1. The van der Waals surface area contributed by atoms with Gasteiger partial charge in [0.25, 0.3) is 5.91 Å². The first kappa shape index (κ1) is 26.6. The zero-order chi connectivity index (χ0) is 28.3. The second kappa shape index (κ2) is 9.31. The monoisotopic (exact) mass is 556 g/mol. The van der Waals surface area contributed by atoms with E-state index < -0.39 is 71.8 Å². The van der Waals surface area contributed by atoms with Gasteiger partial charge in [-0.25, -0.2) is 22.7 Å². The Hall–Kier alpha value is -4.04. The van der Waals surface area contributed by atoms with Crippen molar-refractivity contribution < 1.29 is 40.7 Å². The maximum atomic E-state index is 14.7. The standard InChI is InChI=1S/C24H22F6N6O3/c1-39-18-3-2-11(17-5-14(24(28,29)30)19-20(31)32-10-33-36(17)19)4-13(18)21(37)34-16-9-35(8-15(16)25)22(38)12-6-23(26,27)7-12/h2-5,10,12,15-16H,6-9H2,1H3,(H,34,37)(H2,31,32,33)/t15-,16+/m0/s1. The molecule has 2 fully saturated rings. The van der Waals surface area contributed by atoms with Crippen LogP contribution in [-0.2, 0) is 11.0 Å². The number of hydrogen-bond acceptors (Lipinski definition) is 6. The number of hydrogen-bond donors (Lipinski definition) is 2. The van der Waals surface area contributed by atoms with E-state index in [1.165, 1.54) is 25.3 Å². The number of benzene rings is 1. The summed E-state index contributed by atoms with van der Waals surface area (Å²) in [6, 6.07) is 3.73. The number of nitrogen functional groups attached to an aromatic ring is 1. The summed E-state index contributed by atoms with van der Waals surface area (Å²) in [5.41, 5.74) is 4.16. The van der Waals surface area contributed by atoms with Gasteiger partial charge in [-0.1, -0.05) is 0 Å². The quantitative estimate of drug-likeness (QED) is 0.466. The van der Waals surface area contributed by atoms with E-state index in [2.05, 4.69) is 15.4 Å². The Morgan fingerprint density at radius 2 is 1.90 bits per heavy atom. The number of anilines is 1. The number of nitrogens with one attached hydrogen (secondary N) is 1. The predicted molar refractivity (Wildman–Crippen MR) is 125 cm³/mol. The third-order valence-electron chi connectivity index (χ3n) is 6.94. The summed E-state index contributed by atoms with van der Waals surface area (Å²) in [5, 5.41) is 6.36. The van der Waals surface area contributed by atoms with Crippen LogP contribution in [0.4, 0.5) is 32.2 Å². The van der Waals surface area contributed by atoms with E-state index in [0.29, 0.717) is 0 Å². The fourth-order valence-electron chi connectivity index (χ4n) is 4.95. The summed E-state index contributed by atoms with van der Waals surface area (Å²) in [4.78, 5) is 30.4. The van der Waals surface area contributed by atoms with Crippen molar-refractivity contribution in [2.75, 3.05) is 25.9 Å². The number of aromatic nitrogens is 3. The maximum absolute atomic E-state index is 14.7. The van der Waals surface area contributed by atoms with E-state index in [-0.39, 0.29) is 35.7 Å². The molecule has 3 N–H and O–H groups in total. The number of methoxy groups -OCH3 is 1. The Bertz CT molecular complexity index is 1450. The summed E-state index contributed by atoms with van der Waals surface area (Å²) in [5.74, 6) is -5.54. The van der Waals surface area contributed by atoms with Gasteiger partial charge in [0.05, 0.1) is 36.5 Å². The molecule has 0 spiro atoms. The van der Waals surface area contributed by atoms with Crippen molar-refractivity contribution in [1.82, 2.24) is 24.8 Å². The molecule has 2 aliphatic rings. The number of ether oxygens (including phenoxy) is 1. The van der Waals surface area contributed by atoms with Gasteiger partial charge in [0.2, 0.25) is 11.8 Å². The molecule has 1 aromatic carbocycles. The van der Waals surface area contributed by atoms with Crippen LogP contribution in [0.1, 0.15) is 28.8 Å². The summed E-state index contributed by atoms with van der Waals surface area (Å²) < 4.78 is 88.4. The van der Waals surface area contributed by atoms with Crippen molar-refractivity contribution in [1.29, 1.82) is 0 Å². The molecule has 1 saturated carbocycles. The number of carbonyl (C=O) groups excluding carboxylic acids is 2. The lowest BCUT2D eigenvalue weighted by molar-refractivity contribution is -0.159. The third kappa shape index (κ3) is 4.81. The highest BCUT2D eigenvalue weighted by molar-refractivity contribution is 5.98. The lowest BCUT2D eigenvalue weighted by Crippen LogP contribution is -2.47. The molecule has 0 unspecified atom stereocenters. The molecule has 3 heterocycles. The van der Waals surface area contributed by atoms with E-state index in [1.54, 1.807) is 0 Å². The molecule has 1 aliphatic carbocycles. The zero-order valence-corrected chi connectivity index (χ0v) is 20.3. The minimum absolute atomic E-state index is 0.0403. The Kier molecular flexibility index (Phi) is 6.34. The molecular weight excluding hydrogens is 534 g/mol. The van der Waals surface area contributed by atoms with E-state index in [0.717, 1.165) is 21.8 Å². The van der Waals surface area contributed by atoms with Gasteiger partial charge >= 0.3 is 6.18 Å². The van der Waals surface area contributed by atoms with Gasteiger partial charge in [-0.05, 0) is 24.3 Å². The first-order valence-corrected chi connectivity index (χ1v) is 11.8. The van der Waals surface area contributed by atoms with Crippen LogP contribution >= 0.6 is 0 Å². The molecule has 2 aromatic heterocycles. The summed E-state index contributed by atoms with van der Waals surface area (Å²) in [7, 11) is 1.27. The molecule has 2 atom stereocenters. The van der Waals surface area contributed by atoms with Gasteiger partial charge in [-0.2, -0.15) is 18.3 Å². The Labute approximate surface area is 216 Å². The molecular formula is C24H22F6N6O3. The second-order valence-corrected chi connectivity index (χ2v) is 9.56. The van der Waals surface area contributed by atoms with Crippen molar-refractivity contribution in [2.24, 2.45) is 5.92 Å². The SMILES string of the molecule is COc1ccc(-c2cc(C(F)(F)F)c3c(N)ncnn23)cc1C(=O)N[C@@H]1CN(C(=O)C2CC(F)(F)C2)C[C@@H]1F. The van der Waals surface area contributed by atoms with Gasteiger partial charge in [-0.3, -0.25) is 9.59 Å². The van der Waals surface area contributed by atoms with Crippen LogP contribution in [-0.4, -0.2) is 69.6 Å². The van der Waals surface area contributed by atoms with Crippen LogP contribution in [0.5, 0.6) is 5.75 Å². The normalized spacial score (nSPS) is 21.2. The van der Waals surface area contributed by atoms with E-state index in [1.807, 2.05) is 0 Å². The van der Waals surface area contributed by atoms with Crippen LogP contribution in [0, 0.1) is 5.92 Å². The van der Waals surface area contributed by atoms with Crippen molar-refractivity contribution >= 4 is 23.1 Å². The van der Waals surface area contributed by atoms with E-state index in [4.69, 9.17) is 10.5 Å². The van der Waals surface area contributed by atoms with E-state index in [9.17, 15) is 35.9 Å². The topological polar surface area (TPSA) is 115 Å². The van der Waals surface area contributed by atoms with Gasteiger partial charge < -0.3 is 20.7 Å². The molecule has 208 valence electrons. The van der Waals surface area contributed by atoms with Crippen molar-refractivity contribution in [3.63, 3.8) is 0 Å². The van der Waals surface area contributed by atoms with Crippen LogP contribution in [0.25, 0.3) is 16.8 Å². The minimum atomic E-state index is -4.77. The third-order valence-corrected chi connectivity index (χ3v) is 6.94. The van der Waals surface area contributed by atoms with Crippen molar-refractivity contribution in [3.8, 4) is 17.0 Å². The first-order valence-electron chi connectivity index (χ1n) is 11.8. The highest BCUT2D eigenvalue weighted by atomic mass is 19.4. The number of likely N-dealkylation sites (tertiary alicyclic amines) is 1. The summed E-state index contributed by atoms with van der Waals surface area (Å²) in [6.07, 6.45) is -6.63. The van der Waals surface area contributed by atoms with Gasteiger partial charge in [0.15, 0.2) is 5.82 Å². The molecule has 9 nitrogen and oxygen atoms in total. The fraction of sp³-hybridized carbons (Fsp3) is 0.417. The summed E-state index contributed by atoms with van der Waals surface area (Å²) in [6.45, 7) is -0.579. The number of rotatable bonds is 5. The molecule has 5 rings (SSSR count). The van der Waals surface area contributed by atoms with Gasteiger partial charge in [0, 0.05) is 30.9 Å². The lowest BCUT2D eigenvalue weighted by atomic mass is 9.80. The molecule has 15 heteroatoms.